The highest BCUT2D eigenvalue weighted by molar-refractivity contribution is 5.66. The van der Waals surface area contributed by atoms with Gasteiger partial charge in [0.05, 0.1) is 11.4 Å². The first-order valence-corrected chi connectivity index (χ1v) is 19.0. The van der Waals surface area contributed by atoms with Gasteiger partial charge < -0.3 is 29.5 Å². The first-order valence-electron chi connectivity index (χ1n) is 19.0. The Kier molecular flexibility index (Phi) is 17.6. The number of carbonyl (C=O) groups is 1. The average molecular weight is 723 g/mol. The predicted molar refractivity (Wildman–Crippen MR) is 210 cm³/mol. The Morgan fingerprint density at radius 1 is 0.846 bits per heavy atom. The van der Waals surface area contributed by atoms with Gasteiger partial charge in [0.15, 0.2) is 12.4 Å². The first-order chi connectivity index (χ1) is 24.7. The van der Waals surface area contributed by atoms with Gasteiger partial charge >= 0.3 is 5.97 Å². The second kappa shape index (κ2) is 19.4. The number of terminal acetylenes is 4. The summed E-state index contributed by atoms with van der Waals surface area (Å²) in [6.07, 6.45) is 46.3. The molecular weight excluding hydrogens is 652 g/mol. The lowest BCUT2D eigenvalue weighted by atomic mass is 9.46. The Balaban J connectivity index is 0.000000678. The fourth-order valence-electron chi connectivity index (χ4n) is 12.3. The van der Waals surface area contributed by atoms with Crippen LogP contribution in [0.15, 0.2) is 11.3 Å². The van der Waals surface area contributed by atoms with Gasteiger partial charge in [-0.15, -0.1) is 51.4 Å². The molecule has 2 spiro atoms. The molecule has 4 saturated carbocycles. The summed E-state index contributed by atoms with van der Waals surface area (Å²) in [5.74, 6) is 4.09. The van der Waals surface area contributed by atoms with E-state index in [0.717, 1.165) is 70.0 Å². The zero-order chi connectivity index (χ0) is 40.3. The Bertz CT molecular complexity index is 1240. The monoisotopic (exact) mass is 723 g/mol. The van der Waals surface area contributed by atoms with Crippen molar-refractivity contribution in [3.05, 3.63) is 11.3 Å². The number of hydrogen-bond acceptors (Lipinski definition) is 7. The summed E-state index contributed by atoms with van der Waals surface area (Å²) in [7, 11) is 1.00. The van der Waals surface area contributed by atoms with E-state index in [2.05, 4.69) is 79.1 Å². The summed E-state index contributed by atoms with van der Waals surface area (Å²) < 4.78 is 17.1. The molecule has 0 aromatic carbocycles. The molecule has 0 radical (unpaired) electrons. The minimum Gasteiger partial charge on any atom is -0.491 e. The highest BCUT2D eigenvalue weighted by Gasteiger charge is 2.83. The van der Waals surface area contributed by atoms with Crippen LogP contribution < -0.4 is 0 Å². The van der Waals surface area contributed by atoms with Crippen LogP contribution in [-0.2, 0) is 19.0 Å². The lowest BCUT2D eigenvalue weighted by Gasteiger charge is -2.58. The van der Waals surface area contributed by atoms with Crippen LogP contribution in [0.5, 0.6) is 0 Å². The first kappa shape index (κ1) is 47.1. The van der Waals surface area contributed by atoms with Gasteiger partial charge in [-0.05, 0) is 135 Å². The maximum Gasteiger partial charge on any atom is 0.303 e. The molecule has 52 heavy (non-hydrogen) atoms. The molecular formula is C45H70O7. The van der Waals surface area contributed by atoms with E-state index >= 15 is 0 Å². The molecule has 0 aromatic rings. The van der Waals surface area contributed by atoms with E-state index < -0.39 is 18.0 Å². The standard InChI is InChI=1S/C31H48O4.C5H10O2.4C2H2.CH4O/c1-18-30-16-15-29(7)21-9-11-23(26(28(5,6)33)34-19(2)32)35-24(21)17-22(29)20(30)10-12-25-27(3,4)13-8-14-31(18,25)30;6-5-3-1-2-4-7-5;5*1-2/h18,20,22-23,25-26,33H,8-17H2,1-7H3;5-6H,1-4H2;4*1-2H;2H,1H3/t18-,20-,22?,23+,25?,26+,29+,30-,31?;;;;;;/m0....../s1. The molecule has 292 valence electrons. The van der Waals surface area contributed by atoms with Crippen molar-refractivity contribution >= 4 is 5.97 Å². The Hall–Kier alpha value is -2.91. The van der Waals surface area contributed by atoms with E-state index in [1.807, 2.05) is 0 Å². The summed E-state index contributed by atoms with van der Waals surface area (Å²) in [6, 6.07) is 0. The Morgan fingerprint density at radius 2 is 1.46 bits per heavy atom. The topological polar surface area (TPSA) is 105 Å². The van der Waals surface area contributed by atoms with Gasteiger partial charge in [-0.25, -0.2) is 0 Å². The fourth-order valence-corrected chi connectivity index (χ4v) is 12.3. The number of rotatable bonds is 3. The molecule has 7 heteroatoms. The number of fused-ring (bicyclic) bond motifs is 3. The molecule has 4 unspecified atom stereocenters. The van der Waals surface area contributed by atoms with Crippen LogP contribution in [0.3, 0.4) is 0 Å². The van der Waals surface area contributed by atoms with Crippen LogP contribution in [0.2, 0.25) is 0 Å². The summed E-state index contributed by atoms with van der Waals surface area (Å²) in [4.78, 5) is 11.8. The summed E-state index contributed by atoms with van der Waals surface area (Å²) in [5.41, 5.74) is 2.32. The highest BCUT2D eigenvalue weighted by Crippen LogP contribution is 2.89. The van der Waals surface area contributed by atoms with E-state index in [9.17, 15) is 9.90 Å². The Labute approximate surface area is 317 Å². The lowest BCUT2D eigenvalue weighted by Crippen LogP contribution is -2.50. The average Bonchev–Trinajstić information content (AvgIpc) is 3.51. The van der Waals surface area contributed by atoms with Crippen LogP contribution in [-0.4, -0.2) is 59.1 Å². The van der Waals surface area contributed by atoms with Crippen LogP contribution >= 0.6 is 0 Å². The van der Waals surface area contributed by atoms with Gasteiger partial charge in [0.25, 0.3) is 0 Å². The lowest BCUT2D eigenvalue weighted by molar-refractivity contribution is -0.177. The summed E-state index contributed by atoms with van der Waals surface area (Å²) in [5, 5.41) is 26.5. The molecule has 5 aliphatic carbocycles. The van der Waals surface area contributed by atoms with Crippen LogP contribution in [0, 0.1) is 96.7 Å². The van der Waals surface area contributed by atoms with E-state index in [4.69, 9.17) is 24.4 Å². The number of carbonyl (C=O) groups excluding carboxylic acids is 1. The second-order valence-electron chi connectivity index (χ2n) is 16.7. The summed E-state index contributed by atoms with van der Waals surface area (Å²) in [6.45, 7) is 15.9. The number of ether oxygens (including phenoxy) is 3. The second-order valence-corrected chi connectivity index (χ2v) is 16.7. The van der Waals surface area contributed by atoms with Crippen molar-refractivity contribution in [1.82, 2.24) is 0 Å². The molecule has 2 aliphatic heterocycles. The van der Waals surface area contributed by atoms with Gasteiger partial charge in [0, 0.05) is 27.1 Å². The number of hydrogen-bond donors (Lipinski definition) is 3. The molecule has 7 nitrogen and oxygen atoms in total. The van der Waals surface area contributed by atoms with Crippen molar-refractivity contribution in [2.45, 2.75) is 156 Å². The largest absolute Gasteiger partial charge is 0.491 e. The maximum absolute atomic E-state index is 11.8. The third-order valence-corrected chi connectivity index (χ3v) is 14.0. The number of allylic oxidation sites excluding steroid dienone is 2. The van der Waals surface area contributed by atoms with Gasteiger partial charge in [-0.3, -0.25) is 4.79 Å². The third-order valence-electron chi connectivity index (χ3n) is 14.0. The molecule has 0 amide bonds. The molecule has 7 rings (SSSR count). The Morgan fingerprint density at radius 3 is 1.96 bits per heavy atom. The smallest absolute Gasteiger partial charge is 0.303 e. The van der Waals surface area contributed by atoms with Crippen LogP contribution in [0.1, 0.15) is 132 Å². The number of esters is 1. The maximum atomic E-state index is 11.8. The summed E-state index contributed by atoms with van der Waals surface area (Å²) >= 11 is 0. The molecule has 7 aliphatic rings. The zero-order valence-electron chi connectivity index (χ0n) is 33.5. The quantitative estimate of drug-likeness (QED) is 0.201. The van der Waals surface area contributed by atoms with Crippen LogP contribution in [0.4, 0.5) is 0 Å². The molecule has 0 bridgehead atoms. The van der Waals surface area contributed by atoms with Crippen LogP contribution in [0.25, 0.3) is 0 Å². The predicted octanol–water partition coefficient (Wildman–Crippen LogP) is 7.91. The van der Waals surface area contributed by atoms with E-state index in [1.54, 1.807) is 19.4 Å². The van der Waals surface area contributed by atoms with Gasteiger partial charge in [0.1, 0.15) is 6.10 Å². The minimum atomic E-state index is -1.13. The van der Waals surface area contributed by atoms with E-state index in [-0.39, 0.29) is 17.5 Å². The van der Waals surface area contributed by atoms with Crippen molar-refractivity contribution in [1.29, 1.82) is 0 Å². The van der Waals surface area contributed by atoms with Gasteiger partial charge in [-0.2, -0.15) is 0 Å². The van der Waals surface area contributed by atoms with Crippen molar-refractivity contribution < 1.29 is 34.3 Å². The normalized spacial score (nSPS) is 37.3. The third kappa shape index (κ3) is 8.41. The zero-order valence-corrected chi connectivity index (χ0v) is 33.5. The highest BCUT2D eigenvalue weighted by atomic mass is 16.6. The number of aliphatic hydroxyl groups is 3. The number of aliphatic hydroxyl groups excluding tert-OH is 2. The van der Waals surface area contributed by atoms with E-state index in [1.165, 1.54) is 57.6 Å². The molecule has 3 N–H and O–H groups in total. The van der Waals surface area contributed by atoms with Crippen molar-refractivity contribution in [3.63, 3.8) is 0 Å². The molecule has 1 saturated heterocycles. The van der Waals surface area contributed by atoms with Gasteiger partial charge in [-0.1, -0.05) is 34.1 Å². The van der Waals surface area contributed by atoms with E-state index in [0.29, 0.717) is 22.2 Å². The molecule has 0 aromatic heterocycles. The van der Waals surface area contributed by atoms with Gasteiger partial charge in [0.2, 0.25) is 0 Å². The molecule has 10 atom stereocenters. The molecule has 5 fully saturated rings. The van der Waals surface area contributed by atoms with Crippen molar-refractivity contribution in [2.75, 3.05) is 13.7 Å². The van der Waals surface area contributed by atoms with Crippen molar-refractivity contribution in [2.24, 2.45) is 45.3 Å². The molecule has 2 heterocycles. The van der Waals surface area contributed by atoms with Crippen molar-refractivity contribution in [3.8, 4) is 51.4 Å². The SMILES string of the molecule is C#C.C#C.C#C.C#C.CC(=O)O[C@H]([C@H]1CCC2=C(CC3[C@@H]4CCC5C(C)(C)CCCC56[C@@H](C)[C@@]46CC[C@]23C)O1)C(C)(C)O.CO.OC1CCCCO1. The fraction of sp³-hybridized carbons (Fsp3) is 0.756. The minimum absolute atomic E-state index is 0.252.